The zero-order chi connectivity index (χ0) is 22.4. The van der Waals surface area contributed by atoms with Gasteiger partial charge in [-0.1, -0.05) is 28.5 Å². The van der Waals surface area contributed by atoms with Crippen molar-refractivity contribution in [2.75, 3.05) is 6.61 Å². The van der Waals surface area contributed by atoms with E-state index in [0.29, 0.717) is 5.56 Å². The number of oxime groups is 1. The summed E-state index contributed by atoms with van der Waals surface area (Å²) in [5, 5.41) is 31.0. The van der Waals surface area contributed by atoms with Crippen LogP contribution in [0.1, 0.15) is 17.0 Å². The van der Waals surface area contributed by atoms with Gasteiger partial charge in [-0.3, -0.25) is 14.9 Å². The summed E-state index contributed by atoms with van der Waals surface area (Å²) < 4.78 is 23.6. The normalized spacial score (nSPS) is 11.4. The van der Waals surface area contributed by atoms with E-state index in [1.807, 2.05) is 0 Å². The standard InChI is InChI=1S/C19H14BrFN4O6/c20-13-7-11(5-6-14(13)21)8-15(22-27)19-16(23-31-24-19)9-12(26)10-30-18-4-2-1-3-17(18)25(28)29/h1-7,27H,8-10H2. The van der Waals surface area contributed by atoms with Gasteiger partial charge in [0.25, 0.3) is 0 Å². The fourth-order valence-corrected chi connectivity index (χ4v) is 3.10. The van der Waals surface area contributed by atoms with E-state index in [9.17, 15) is 24.5 Å². The summed E-state index contributed by atoms with van der Waals surface area (Å²) in [5.41, 5.74) is 0.564. The smallest absolute Gasteiger partial charge is 0.310 e. The Morgan fingerprint density at radius 3 is 2.74 bits per heavy atom. The second-order valence-corrected chi connectivity index (χ2v) is 7.11. The molecule has 0 saturated heterocycles. The van der Waals surface area contributed by atoms with Crippen LogP contribution < -0.4 is 4.74 Å². The second kappa shape index (κ2) is 9.89. The van der Waals surface area contributed by atoms with Gasteiger partial charge in [0.2, 0.25) is 0 Å². The lowest BCUT2D eigenvalue weighted by molar-refractivity contribution is -0.385. The van der Waals surface area contributed by atoms with E-state index in [4.69, 9.17) is 4.74 Å². The molecular weight excluding hydrogens is 479 g/mol. The highest BCUT2D eigenvalue weighted by molar-refractivity contribution is 9.10. The first-order valence-corrected chi connectivity index (χ1v) is 9.53. The van der Waals surface area contributed by atoms with Gasteiger partial charge in [0, 0.05) is 12.5 Å². The molecule has 10 nitrogen and oxygen atoms in total. The topological polar surface area (TPSA) is 141 Å². The van der Waals surface area contributed by atoms with Crippen LogP contribution in [0.4, 0.5) is 10.1 Å². The van der Waals surface area contributed by atoms with Crippen LogP contribution in [0.15, 0.2) is 56.7 Å². The number of Topliss-reactive ketones (excluding diaryl/α,β-unsaturated/α-hetero) is 1. The number of nitrogens with zero attached hydrogens (tertiary/aromatic N) is 4. The molecule has 1 N–H and O–H groups in total. The van der Waals surface area contributed by atoms with Crippen LogP contribution >= 0.6 is 15.9 Å². The molecule has 0 bridgehead atoms. The molecule has 1 heterocycles. The van der Waals surface area contributed by atoms with Gasteiger partial charge in [0.15, 0.2) is 17.2 Å². The summed E-state index contributed by atoms with van der Waals surface area (Å²) in [6.45, 7) is -0.451. The number of ether oxygens (including phenoxy) is 1. The average Bonchev–Trinajstić information content (AvgIpc) is 3.21. The third-order valence-electron chi connectivity index (χ3n) is 4.12. The summed E-state index contributed by atoms with van der Waals surface area (Å²) in [6, 6.07) is 9.94. The number of nitro groups is 1. The Morgan fingerprint density at radius 1 is 1.26 bits per heavy atom. The molecule has 160 valence electrons. The molecule has 0 saturated carbocycles. The molecule has 3 rings (SSSR count). The highest BCUT2D eigenvalue weighted by atomic mass is 79.9. The number of ketones is 1. The molecule has 0 aliphatic carbocycles. The Hall–Kier alpha value is -3.67. The molecule has 12 heteroatoms. The van der Waals surface area contributed by atoms with E-state index < -0.39 is 23.1 Å². The number of hydrogen-bond acceptors (Lipinski definition) is 9. The minimum Gasteiger partial charge on any atom is -0.479 e. The number of hydrogen-bond donors (Lipinski definition) is 1. The van der Waals surface area contributed by atoms with E-state index in [-0.39, 0.29) is 45.9 Å². The number of carbonyl (C=O) groups is 1. The largest absolute Gasteiger partial charge is 0.479 e. The van der Waals surface area contributed by atoms with Gasteiger partial charge in [0.05, 0.1) is 15.8 Å². The number of aromatic nitrogens is 2. The first kappa shape index (κ1) is 22.0. The number of para-hydroxylation sites is 2. The second-order valence-electron chi connectivity index (χ2n) is 6.26. The van der Waals surface area contributed by atoms with E-state index in [1.54, 1.807) is 6.07 Å². The van der Waals surface area contributed by atoms with Crippen molar-refractivity contribution in [3.05, 3.63) is 79.8 Å². The zero-order valence-electron chi connectivity index (χ0n) is 15.7. The Balaban J connectivity index is 1.68. The van der Waals surface area contributed by atoms with E-state index in [1.165, 1.54) is 36.4 Å². The quantitative estimate of drug-likeness (QED) is 0.207. The molecule has 0 aliphatic rings. The Labute approximate surface area is 182 Å². The van der Waals surface area contributed by atoms with Gasteiger partial charge in [-0.2, -0.15) is 0 Å². The highest BCUT2D eigenvalue weighted by Gasteiger charge is 2.21. The van der Waals surface area contributed by atoms with Crippen LogP contribution in [-0.4, -0.2) is 38.5 Å². The van der Waals surface area contributed by atoms with E-state index in [2.05, 4.69) is 36.0 Å². The molecule has 1 aromatic heterocycles. The van der Waals surface area contributed by atoms with Crippen molar-refractivity contribution in [3.63, 3.8) is 0 Å². The lowest BCUT2D eigenvalue weighted by atomic mass is 10.0. The molecule has 0 amide bonds. The third-order valence-corrected chi connectivity index (χ3v) is 4.73. The molecule has 3 aromatic rings. The van der Waals surface area contributed by atoms with Crippen molar-refractivity contribution in [1.29, 1.82) is 0 Å². The summed E-state index contributed by atoms with van der Waals surface area (Å²) in [6.07, 6.45) is -0.205. The maximum atomic E-state index is 13.4. The van der Waals surface area contributed by atoms with Crippen molar-refractivity contribution in [1.82, 2.24) is 10.3 Å². The first-order valence-electron chi connectivity index (χ1n) is 8.73. The number of carbonyl (C=O) groups excluding carboxylic acids is 1. The number of rotatable bonds is 9. The molecule has 2 aromatic carbocycles. The van der Waals surface area contributed by atoms with Crippen molar-refractivity contribution in [3.8, 4) is 5.75 Å². The average molecular weight is 493 g/mol. The van der Waals surface area contributed by atoms with Crippen molar-refractivity contribution in [2.45, 2.75) is 12.8 Å². The van der Waals surface area contributed by atoms with E-state index >= 15 is 0 Å². The lowest BCUT2D eigenvalue weighted by Crippen LogP contribution is -2.17. The molecule has 0 atom stereocenters. The van der Waals surface area contributed by atoms with Crippen LogP contribution in [0, 0.1) is 15.9 Å². The van der Waals surface area contributed by atoms with Gasteiger partial charge < -0.3 is 9.94 Å². The van der Waals surface area contributed by atoms with Gasteiger partial charge in [-0.05, 0) is 44.8 Å². The summed E-state index contributed by atoms with van der Waals surface area (Å²) >= 11 is 3.08. The number of nitro benzene ring substituents is 1. The van der Waals surface area contributed by atoms with Crippen LogP contribution in [0.25, 0.3) is 0 Å². The predicted octanol–water partition coefficient (Wildman–Crippen LogP) is 3.49. The summed E-state index contributed by atoms with van der Waals surface area (Å²) in [7, 11) is 0. The minimum atomic E-state index is -0.614. The van der Waals surface area contributed by atoms with Crippen LogP contribution in [0.2, 0.25) is 0 Å². The van der Waals surface area contributed by atoms with Crippen LogP contribution in [-0.2, 0) is 17.6 Å². The minimum absolute atomic E-state index is 0.0427. The Bertz CT molecular complexity index is 1150. The third kappa shape index (κ3) is 5.48. The summed E-state index contributed by atoms with van der Waals surface area (Å²) in [4.78, 5) is 22.7. The Kier molecular flexibility index (Phi) is 7.03. The molecule has 0 unspecified atom stereocenters. The molecular formula is C19H14BrFN4O6. The molecule has 0 aliphatic heterocycles. The number of benzene rings is 2. The molecule has 31 heavy (non-hydrogen) atoms. The maximum absolute atomic E-state index is 13.4. The number of halogens is 2. The van der Waals surface area contributed by atoms with Gasteiger partial charge in [-0.15, -0.1) is 0 Å². The van der Waals surface area contributed by atoms with Crippen molar-refractivity contribution < 1.29 is 28.7 Å². The summed E-state index contributed by atoms with van der Waals surface area (Å²) in [5.74, 6) is -0.949. The first-order chi connectivity index (χ1) is 14.9. The molecule has 0 radical (unpaired) electrons. The zero-order valence-corrected chi connectivity index (χ0v) is 17.3. The fraction of sp³-hybridized carbons (Fsp3) is 0.158. The van der Waals surface area contributed by atoms with E-state index in [0.717, 1.165) is 0 Å². The SMILES string of the molecule is O=C(COc1ccccc1[N+](=O)[O-])Cc1nonc1C(Cc1ccc(F)c(Br)c1)=NO. The fourth-order valence-electron chi connectivity index (χ4n) is 2.68. The van der Waals surface area contributed by atoms with Gasteiger partial charge >= 0.3 is 5.69 Å². The van der Waals surface area contributed by atoms with Crippen molar-refractivity contribution >= 4 is 33.1 Å². The Morgan fingerprint density at radius 2 is 2.03 bits per heavy atom. The van der Waals surface area contributed by atoms with Crippen LogP contribution in [0.3, 0.4) is 0 Å². The molecule has 0 fully saturated rings. The van der Waals surface area contributed by atoms with Gasteiger partial charge in [-0.25, -0.2) is 9.02 Å². The molecule has 0 spiro atoms. The lowest BCUT2D eigenvalue weighted by Gasteiger charge is -2.06. The van der Waals surface area contributed by atoms with Gasteiger partial charge in [0.1, 0.15) is 23.8 Å². The maximum Gasteiger partial charge on any atom is 0.310 e. The van der Waals surface area contributed by atoms with Crippen LogP contribution in [0.5, 0.6) is 5.75 Å². The monoisotopic (exact) mass is 492 g/mol. The highest BCUT2D eigenvalue weighted by Crippen LogP contribution is 2.25. The van der Waals surface area contributed by atoms with Crippen molar-refractivity contribution in [2.24, 2.45) is 5.16 Å². The predicted molar refractivity (Wildman–Crippen MR) is 108 cm³/mol.